The lowest BCUT2D eigenvalue weighted by Gasteiger charge is -2.44. The normalized spacial score (nSPS) is 35.3. The van der Waals surface area contributed by atoms with E-state index in [4.69, 9.17) is 0 Å². The Labute approximate surface area is 88.4 Å². The molecule has 0 aliphatic carbocycles. The molecule has 2 nitrogen and oxygen atoms in total. The molecule has 0 aromatic rings. The summed E-state index contributed by atoms with van der Waals surface area (Å²) in [6.07, 6.45) is 5.59. The molecule has 82 valence electrons. The van der Waals surface area contributed by atoms with Crippen LogP contribution in [0.4, 0.5) is 0 Å². The van der Waals surface area contributed by atoms with Gasteiger partial charge in [-0.3, -0.25) is 4.90 Å². The summed E-state index contributed by atoms with van der Waals surface area (Å²) >= 11 is 0. The van der Waals surface area contributed by atoms with Crippen LogP contribution in [0.15, 0.2) is 12.2 Å². The van der Waals surface area contributed by atoms with E-state index < -0.39 is 0 Å². The first kappa shape index (κ1) is 11.7. The van der Waals surface area contributed by atoms with Crippen molar-refractivity contribution in [1.82, 2.24) is 10.2 Å². The summed E-state index contributed by atoms with van der Waals surface area (Å²) in [5, 5.41) is 3.64. The van der Waals surface area contributed by atoms with Crippen molar-refractivity contribution in [2.24, 2.45) is 0 Å². The zero-order valence-electron chi connectivity index (χ0n) is 10.0. The summed E-state index contributed by atoms with van der Waals surface area (Å²) in [5.41, 5.74) is 0.314. The second-order valence-corrected chi connectivity index (χ2v) is 4.64. The molecule has 2 unspecified atom stereocenters. The topological polar surface area (TPSA) is 15.3 Å². The van der Waals surface area contributed by atoms with Gasteiger partial charge in [-0.05, 0) is 27.2 Å². The summed E-state index contributed by atoms with van der Waals surface area (Å²) in [4.78, 5) is 2.56. The molecular weight excluding hydrogens is 172 g/mol. The molecule has 1 heterocycles. The van der Waals surface area contributed by atoms with Crippen LogP contribution in [0.5, 0.6) is 0 Å². The monoisotopic (exact) mass is 196 g/mol. The third-order valence-corrected chi connectivity index (χ3v) is 3.36. The molecule has 1 saturated heterocycles. The average Bonchev–Trinajstić information content (AvgIpc) is 2.20. The Kier molecular flexibility index (Phi) is 4.14. The zero-order chi connectivity index (χ0) is 10.6. The Bertz CT molecular complexity index is 200. The van der Waals surface area contributed by atoms with E-state index in [1.54, 1.807) is 0 Å². The number of rotatable bonds is 3. The van der Waals surface area contributed by atoms with E-state index in [0.717, 1.165) is 19.6 Å². The predicted molar refractivity (Wildman–Crippen MR) is 62.5 cm³/mol. The molecule has 2 heteroatoms. The number of nitrogens with zero attached hydrogens (tertiary/aromatic N) is 1. The van der Waals surface area contributed by atoms with Crippen molar-refractivity contribution in [3.63, 3.8) is 0 Å². The molecule has 0 bridgehead atoms. The minimum Gasteiger partial charge on any atom is -0.309 e. The standard InChI is InChI=1S/C12H24N2/c1-5-7-8-14-10-12(4,6-2)13-9-11(14)3/h5,7,11,13H,6,8-10H2,1-4H3/b7-5+. The maximum atomic E-state index is 3.64. The molecule has 0 amide bonds. The summed E-state index contributed by atoms with van der Waals surface area (Å²) in [7, 11) is 0. The predicted octanol–water partition coefficient (Wildman–Crippen LogP) is 2.02. The van der Waals surface area contributed by atoms with Crippen molar-refractivity contribution in [3.05, 3.63) is 12.2 Å². The van der Waals surface area contributed by atoms with E-state index in [2.05, 4.69) is 50.1 Å². The van der Waals surface area contributed by atoms with Crippen molar-refractivity contribution in [2.75, 3.05) is 19.6 Å². The minimum absolute atomic E-state index is 0.314. The molecule has 1 aliphatic rings. The fourth-order valence-electron chi connectivity index (χ4n) is 1.91. The molecule has 1 rings (SSSR count). The highest BCUT2D eigenvalue weighted by molar-refractivity contribution is 4.95. The maximum absolute atomic E-state index is 3.64. The van der Waals surface area contributed by atoms with E-state index in [1.807, 2.05) is 0 Å². The maximum Gasteiger partial charge on any atom is 0.0278 e. The highest BCUT2D eigenvalue weighted by Crippen LogP contribution is 2.18. The SMILES string of the molecule is C/C=C/CN1CC(C)(CC)NCC1C. The van der Waals surface area contributed by atoms with Gasteiger partial charge < -0.3 is 5.32 Å². The molecule has 2 atom stereocenters. The first-order valence-corrected chi connectivity index (χ1v) is 5.71. The molecule has 0 aromatic heterocycles. The van der Waals surface area contributed by atoms with E-state index >= 15 is 0 Å². The molecule has 1 aliphatic heterocycles. The van der Waals surface area contributed by atoms with Crippen LogP contribution in [-0.2, 0) is 0 Å². The van der Waals surface area contributed by atoms with E-state index in [1.165, 1.54) is 6.42 Å². The summed E-state index contributed by atoms with van der Waals surface area (Å²) in [6, 6.07) is 0.658. The highest BCUT2D eigenvalue weighted by Gasteiger charge is 2.31. The van der Waals surface area contributed by atoms with Crippen LogP contribution in [0.3, 0.4) is 0 Å². The molecular formula is C12H24N2. The minimum atomic E-state index is 0.314. The highest BCUT2D eigenvalue weighted by atomic mass is 15.2. The van der Waals surface area contributed by atoms with E-state index in [9.17, 15) is 0 Å². The quantitative estimate of drug-likeness (QED) is 0.695. The smallest absolute Gasteiger partial charge is 0.0278 e. The number of hydrogen-bond acceptors (Lipinski definition) is 2. The number of piperazine rings is 1. The number of allylic oxidation sites excluding steroid dienone is 1. The van der Waals surface area contributed by atoms with Crippen LogP contribution in [-0.4, -0.2) is 36.1 Å². The van der Waals surface area contributed by atoms with E-state index in [-0.39, 0.29) is 0 Å². The van der Waals surface area contributed by atoms with Gasteiger partial charge in [-0.15, -0.1) is 0 Å². The Balaban J connectivity index is 2.54. The molecule has 1 N–H and O–H groups in total. The summed E-state index contributed by atoms with van der Waals surface area (Å²) in [5.74, 6) is 0. The van der Waals surface area contributed by atoms with Crippen LogP contribution < -0.4 is 5.32 Å². The first-order valence-electron chi connectivity index (χ1n) is 5.71. The van der Waals surface area contributed by atoms with Gasteiger partial charge in [-0.25, -0.2) is 0 Å². The van der Waals surface area contributed by atoms with Crippen molar-refractivity contribution < 1.29 is 0 Å². The lowest BCUT2D eigenvalue weighted by molar-refractivity contribution is 0.105. The zero-order valence-corrected chi connectivity index (χ0v) is 10.0. The lowest BCUT2D eigenvalue weighted by Crippen LogP contribution is -2.61. The largest absolute Gasteiger partial charge is 0.309 e. The van der Waals surface area contributed by atoms with Crippen LogP contribution >= 0.6 is 0 Å². The van der Waals surface area contributed by atoms with Gasteiger partial charge in [0, 0.05) is 31.2 Å². The van der Waals surface area contributed by atoms with Crippen molar-refractivity contribution in [1.29, 1.82) is 0 Å². The fourth-order valence-corrected chi connectivity index (χ4v) is 1.91. The second-order valence-electron chi connectivity index (χ2n) is 4.64. The Hall–Kier alpha value is -0.340. The fraction of sp³-hybridized carbons (Fsp3) is 0.833. The average molecular weight is 196 g/mol. The van der Waals surface area contributed by atoms with Crippen LogP contribution in [0.25, 0.3) is 0 Å². The third-order valence-electron chi connectivity index (χ3n) is 3.36. The Morgan fingerprint density at radius 1 is 1.57 bits per heavy atom. The van der Waals surface area contributed by atoms with Gasteiger partial charge in [0.1, 0.15) is 0 Å². The van der Waals surface area contributed by atoms with Gasteiger partial charge in [0.2, 0.25) is 0 Å². The Morgan fingerprint density at radius 2 is 2.29 bits per heavy atom. The van der Waals surface area contributed by atoms with Gasteiger partial charge in [0.05, 0.1) is 0 Å². The molecule has 0 spiro atoms. The van der Waals surface area contributed by atoms with Crippen molar-refractivity contribution in [3.8, 4) is 0 Å². The van der Waals surface area contributed by atoms with Crippen LogP contribution in [0.2, 0.25) is 0 Å². The third kappa shape index (κ3) is 2.82. The Morgan fingerprint density at radius 3 is 2.86 bits per heavy atom. The van der Waals surface area contributed by atoms with Gasteiger partial charge in [0.25, 0.3) is 0 Å². The van der Waals surface area contributed by atoms with Gasteiger partial charge in [-0.1, -0.05) is 19.1 Å². The summed E-state index contributed by atoms with van der Waals surface area (Å²) < 4.78 is 0. The van der Waals surface area contributed by atoms with Gasteiger partial charge in [-0.2, -0.15) is 0 Å². The lowest BCUT2D eigenvalue weighted by atomic mass is 9.94. The van der Waals surface area contributed by atoms with Crippen molar-refractivity contribution in [2.45, 2.75) is 45.7 Å². The van der Waals surface area contributed by atoms with Gasteiger partial charge >= 0.3 is 0 Å². The molecule has 1 fully saturated rings. The first-order chi connectivity index (χ1) is 6.61. The van der Waals surface area contributed by atoms with E-state index in [0.29, 0.717) is 11.6 Å². The number of nitrogens with one attached hydrogen (secondary N) is 1. The van der Waals surface area contributed by atoms with Crippen LogP contribution in [0.1, 0.15) is 34.1 Å². The van der Waals surface area contributed by atoms with Crippen molar-refractivity contribution >= 4 is 0 Å². The molecule has 0 saturated carbocycles. The molecule has 0 aromatic carbocycles. The van der Waals surface area contributed by atoms with Gasteiger partial charge in [0.15, 0.2) is 0 Å². The number of hydrogen-bond donors (Lipinski definition) is 1. The molecule has 0 radical (unpaired) electrons. The summed E-state index contributed by atoms with van der Waals surface area (Å²) in [6.45, 7) is 12.3. The van der Waals surface area contributed by atoms with Crippen LogP contribution in [0, 0.1) is 0 Å². The molecule has 14 heavy (non-hydrogen) atoms. The second kappa shape index (κ2) is 4.94.